The SMILES string of the molecule is O=C(O)c1cc(F)c(F)cc1C(=O)NCCOCCO. The van der Waals surface area contributed by atoms with E-state index in [0.29, 0.717) is 12.1 Å². The van der Waals surface area contributed by atoms with Crippen molar-refractivity contribution in [3.05, 3.63) is 34.9 Å². The van der Waals surface area contributed by atoms with Crippen molar-refractivity contribution in [3.8, 4) is 0 Å². The summed E-state index contributed by atoms with van der Waals surface area (Å²) in [6.45, 7) is 0.0664. The van der Waals surface area contributed by atoms with Crippen LogP contribution in [0, 0.1) is 11.6 Å². The molecular formula is C12H13F2NO5. The molecule has 6 nitrogen and oxygen atoms in total. The highest BCUT2D eigenvalue weighted by Gasteiger charge is 2.20. The minimum Gasteiger partial charge on any atom is -0.478 e. The Balaban J connectivity index is 2.76. The molecular weight excluding hydrogens is 276 g/mol. The molecule has 0 aliphatic heterocycles. The number of carboxylic acid groups (broad SMARTS) is 1. The van der Waals surface area contributed by atoms with E-state index in [0.717, 1.165) is 0 Å². The Labute approximate surface area is 113 Å². The number of ether oxygens (including phenoxy) is 1. The van der Waals surface area contributed by atoms with Crippen LogP contribution in [0.1, 0.15) is 20.7 Å². The van der Waals surface area contributed by atoms with Gasteiger partial charge in [0, 0.05) is 6.54 Å². The number of carboxylic acids is 1. The second-order valence-corrected chi connectivity index (χ2v) is 3.71. The number of amides is 1. The predicted octanol–water partition coefficient (Wildman–Crippen LogP) is 0.402. The van der Waals surface area contributed by atoms with E-state index in [1.54, 1.807) is 0 Å². The molecule has 0 saturated carbocycles. The second-order valence-electron chi connectivity index (χ2n) is 3.71. The van der Waals surface area contributed by atoms with Gasteiger partial charge in [0.15, 0.2) is 11.6 Å². The number of aliphatic hydroxyl groups excluding tert-OH is 1. The molecule has 0 aliphatic carbocycles. The number of nitrogens with one attached hydrogen (secondary N) is 1. The third-order valence-electron chi connectivity index (χ3n) is 2.30. The van der Waals surface area contributed by atoms with E-state index in [1.165, 1.54) is 0 Å². The quantitative estimate of drug-likeness (QED) is 0.632. The molecule has 0 fully saturated rings. The Bertz CT molecular complexity index is 507. The Kier molecular flexibility index (Phi) is 6.01. The summed E-state index contributed by atoms with van der Waals surface area (Å²) in [5.41, 5.74) is -1.10. The van der Waals surface area contributed by atoms with Crippen molar-refractivity contribution < 1.29 is 33.3 Å². The third kappa shape index (κ3) is 4.25. The summed E-state index contributed by atoms with van der Waals surface area (Å²) in [7, 11) is 0. The molecule has 0 radical (unpaired) electrons. The van der Waals surface area contributed by atoms with Crippen LogP contribution >= 0.6 is 0 Å². The second kappa shape index (κ2) is 7.51. The molecule has 0 unspecified atom stereocenters. The van der Waals surface area contributed by atoms with Crippen molar-refractivity contribution >= 4 is 11.9 Å². The van der Waals surface area contributed by atoms with Gasteiger partial charge in [-0.1, -0.05) is 0 Å². The van der Waals surface area contributed by atoms with Crippen LogP contribution in [0.3, 0.4) is 0 Å². The van der Waals surface area contributed by atoms with Crippen molar-refractivity contribution in [1.29, 1.82) is 0 Å². The molecule has 20 heavy (non-hydrogen) atoms. The summed E-state index contributed by atoms with van der Waals surface area (Å²) in [4.78, 5) is 22.6. The minimum absolute atomic E-state index is 0.0386. The zero-order chi connectivity index (χ0) is 15.1. The Hall–Kier alpha value is -2.06. The number of aliphatic hydroxyl groups is 1. The van der Waals surface area contributed by atoms with Gasteiger partial charge in [0.25, 0.3) is 5.91 Å². The maximum Gasteiger partial charge on any atom is 0.336 e. The van der Waals surface area contributed by atoms with E-state index in [4.69, 9.17) is 14.9 Å². The van der Waals surface area contributed by atoms with Gasteiger partial charge in [0.2, 0.25) is 0 Å². The lowest BCUT2D eigenvalue weighted by Crippen LogP contribution is -2.29. The molecule has 0 aliphatic rings. The summed E-state index contributed by atoms with van der Waals surface area (Å²) in [6.07, 6.45) is 0. The van der Waals surface area contributed by atoms with Gasteiger partial charge in [0.05, 0.1) is 30.9 Å². The number of hydrogen-bond acceptors (Lipinski definition) is 4. The first-order chi connectivity index (χ1) is 9.47. The lowest BCUT2D eigenvalue weighted by Gasteiger charge is -2.08. The number of halogens is 2. The lowest BCUT2D eigenvalue weighted by atomic mass is 10.1. The van der Waals surface area contributed by atoms with Gasteiger partial charge >= 0.3 is 5.97 Å². The fourth-order valence-electron chi connectivity index (χ4n) is 1.41. The first-order valence-corrected chi connectivity index (χ1v) is 5.66. The van der Waals surface area contributed by atoms with Crippen molar-refractivity contribution in [2.45, 2.75) is 0 Å². The maximum absolute atomic E-state index is 13.1. The lowest BCUT2D eigenvalue weighted by molar-refractivity contribution is 0.0688. The zero-order valence-corrected chi connectivity index (χ0v) is 10.4. The van der Waals surface area contributed by atoms with E-state index < -0.39 is 34.6 Å². The summed E-state index contributed by atoms with van der Waals surface area (Å²) in [6, 6.07) is 0.984. The minimum atomic E-state index is -1.54. The number of carbonyl (C=O) groups excluding carboxylic acids is 1. The largest absolute Gasteiger partial charge is 0.478 e. The van der Waals surface area contributed by atoms with Crippen LogP contribution in [0.5, 0.6) is 0 Å². The first-order valence-electron chi connectivity index (χ1n) is 5.66. The van der Waals surface area contributed by atoms with Gasteiger partial charge in [-0.2, -0.15) is 0 Å². The van der Waals surface area contributed by atoms with Crippen LogP contribution in [0.2, 0.25) is 0 Å². The van der Waals surface area contributed by atoms with Gasteiger partial charge in [-0.25, -0.2) is 13.6 Å². The molecule has 0 bridgehead atoms. The topological polar surface area (TPSA) is 95.9 Å². The Morgan fingerprint density at radius 3 is 2.30 bits per heavy atom. The summed E-state index contributed by atoms with van der Waals surface area (Å²) >= 11 is 0. The van der Waals surface area contributed by atoms with E-state index in [1.807, 2.05) is 0 Å². The molecule has 3 N–H and O–H groups in total. The molecule has 1 aromatic rings. The average Bonchev–Trinajstić information content (AvgIpc) is 2.40. The number of carbonyl (C=O) groups is 2. The number of hydrogen-bond donors (Lipinski definition) is 3. The fourth-order valence-corrected chi connectivity index (χ4v) is 1.41. The molecule has 0 atom stereocenters. The van der Waals surface area contributed by atoms with Crippen LogP contribution in [0.4, 0.5) is 8.78 Å². The molecule has 110 valence electrons. The number of aromatic carboxylic acids is 1. The van der Waals surface area contributed by atoms with Crippen LogP contribution in [0.15, 0.2) is 12.1 Å². The van der Waals surface area contributed by atoms with Gasteiger partial charge in [-0.05, 0) is 12.1 Å². The van der Waals surface area contributed by atoms with Crippen LogP contribution in [-0.2, 0) is 4.74 Å². The standard InChI is InChI=1S/C12H13F2NO5/c13-9-5-7(8(12(18)19)6-10(9)14)11(17)15-1-3-20-4-2-16/h5-6,16H,1-4H2,(H,15,17)(H,18,19). The van der Waals surface area contributed by atoms with Crippen LogP contribution in [0.25, 0.3) is 0 Å². The van der Waals surface area contributed by atoms with Crippen LogP contribution in [-0.4, -0.2) is 48.5 Å². The fraction of sp³-hybridized carbons (Fsp3) is 0.333. The average molecular weight is 289 g/mol. The highest BCUT2D eigenvalue weighted by atomic mass is 19.2. The normalized spacial score (nSPS) is 10.3. The highest BCUT2D eigenvalue weighted by Crippen LogP contribution is 2.15. The van der Waals surface area contributed by atoms with Crippen molar-refractivity contribution in [1.82, 2.24) is 5.32 Å². The highest BCUT2D eigenvalue weighted by molar-refractivity contribution is 6.04. The van der Waals surface area contributed by atoms with Crippen molar-refractivity contribution in [3.63, 3.8) is 0 Å². The Morgan fingerprint density at radius 2 is 1.75 bits per heavy atom. The summed E-state index contributed by atoms with van der Waals surface area (Å²) < 4.78 is 30.9. The summed E-state index contributed by atoms with van der Waals surface area (Å²) in [5.74, 6) is -5.04. The monoisotopic (exact) mass is 289 g/mol. The van der Waals surface area contributed by atoms with Gasteiger partial charge in [-0.3, -0.25) is 4.79 Å². The predicted molar refractivity (Wildman–Crippen MR) is 63.6 cm³/mol. The molecule has 1 amide bonds. The Morgan fingerprint density at radius 1 is 1.15 bits per heavy atom. The van der Waals surface area contributed by atoms with Crippen LogP contribution < -0.4 is 5.32 Å². The molecule has 1 rings (SSSR count). The molecule has 0 aromatic heterocycles. The number of rotatable bonds is 7. The maximum atomic E-state index is 13.1. The van der Waals surface area contributed by atoms with E-state index in [-0.39, 0.29) is 26.4 Å². The van der Waals surface area contributed by atoms with Crippen molar-refractivity contribution in [2.24, 2.45) is 0 Å². The van der Waals surface area contributed by atoms with Gasteiger partial charge < -0.3 is 20.3 Å². The molecule has 0 saturated heterocycles. The zero-order valence-electron chi connectivity index (χ0n) is 10.4. The van der Waals surface area contributed by atoms with E-state index in [9.17, 15) is 18.4 Å². The smallest absolute Gasteiger partial charge is 0.336 e. The first kappa shape index (κ1) is 16.0. The van der Waals surface area contributed by atoms with Crippen molar-refractivity contribution in [2.75, 3.05) is 26.4 Å². The number of benzene rings is 1. The molecule has 0 heterocycles. The third-order valence-corrected chi connectivity index (χ3v) is 2.30. The van der Waals surface area contributed by atoms with Gasteiger partial charge in [-0.15, -0.1) is 0 Å². The van der Waals surface area contributed by atoms with E-state index >= 15 is 0 Å². The van der Waals surface area contributed by atoms with Gasteiger partial charge in [0.1, 0.15) is 0 Å². The molecule has 0 spiro atoms. The van der Waals surface area contributed by atoms with E-state index in [2.05, 4.69) is 5.32 Å². The summed E-state index contributed by atoms with van der Waals surface area (Å²) in [5, 5.41) is 19.6. The molecule has 8 heteroatoms. The molecule has 1 aromatic carbocycles.